The van der Waals surface area contributed by atoms with Crippen molar-refractivity contribution in [2.75, 3.05) is 0 Å². The van der Waals surface area contributed by atoms with Crippen LogP contribution in [0.25, 0.3) is 11.1 Å². The van der Waals surface area contributed by atoms with Crippen LogP contribution in [-0.2, 0) is 19.4 Å². The molecule has 5 heteroatoms. The van der Waals surface area contributed by atoms with Gasteiger partial charge in [-0.15, -0.1) is 12.4 Å². The van der Waals surface area contributed by atoms with Gasteiger partial charge in [0.05, 0.1) is 0 Å². The summed E-state index contributed by atoms with van der Waals surface area (Å²) in [6, 6.07) is 21.0. The summed E-state index contributed by atoms with van der Waals surface area (Å²) in [7, 11) is 0. The van der Waals surface area contributed by atoms with Crippen molar-refractivity contribution in [3.63, 3.8) is 0 Å². The van der Waals surface area contributed by atoms with Gasteiger partial charge in [0.2, 0.25) is 5.91 Å². The number of nitrogens with two attached hydrogens (primary N) is 1. The van der Waals surface area contributed by atoms with Crippen molar-refractivity contribution in [2.45, 2.75) is 25.4 Å². The van der Waals surface area contributed by atoms with E-state index in [1.165, 1.54) is 17.2 Å². The summed E-state index contributed by atoms with van der Waals surface area (Å²) in [5, 5.41) is 3.56. The van der Waals surface area contributed by atoms with E-state index in [0.29, 0.717) is 11.6 Å². The maximum Gasteiger partial charge on any atom is 0.248 e. The van der Waals surface area contributed by atoms with Crippen molar-refractivity contribution >= 4 is 18.3 Å². The van der Waals surface area contributed by atoms with Gasteiger partial charge in [-0.05, 0) is 64.9 Å². The zero-order valence-electron chi connectivity index (χ0n) is 15.3. The first-order valence-electron chi connectivity index (χ1n) is 9.08. The Labute approximate surface area is 170 Å². The maximum absolute atomic E-state index is 13.3. The van der Waals surface area contributed by atoms with Crippen molar-refractivity contribution in [2.24, 2.45) is 5.73 Å². The lowest BCUT2D eigenvalue weighted by Crippen LogP contribution is -2.28. The van der Waals surface area contributed by atoms with Gasteiger partial charge in [0.1, 0.15) is 5.82 Å². The Bertz CT molecular complexity index is 988. The Morgan fingerprint density at radius 1 is 0.964 bits per heavy atom. The van der Waals surface area contributed by atoms with Gasteiger partial charge in [-0.2, -0.15) is 0 Å². The van der Waals surface area contributed by atoms with E-state index in [1.807, 2.05) is 24.3 Å². The van der Waals surface area contributed by atoms with E-state index in [0.717, 1.165) is 36.1 Å². The van der Waals surface area contributed by atoms with Crippen molar-refractivity contribution in [1.29, 1.82) is 0 Å². The van der Waals surface area contributed by atoms with Crippen LogP contribution in [0, 0.1) is 5.82 Å². The minimum absolute atomic E-state index is 0. The van der Waals surface area contributed by atoms with Crippen molar-refractivity contribution in [3.8, 4) is 11.1 Å². The maximum atomic E-state index is 13.3. The Morgan fingerprint density at radius 3 is 2.46 bits per heavy atom. The molecule has 4 rings (SSSR count). The average molecular weight is 397 g/mol. The lowest BCUT2D eigenvalue weighted by atomic mass is 10.0. The van der Waals surface area contributed by atoms with Crippen LogP contribution in [0.4, 0.5) is 4.39 Å². The first-order valence-corrected chi connectivity index (χ1v) is 9.08. The minimum atomic E-state index is -0.421. The van der Waals surface area contributed by atoms with Gasteiger partial charge >= 0.3 is 0 Å². The third-order valence-electron chi connectivity index (χ3n) is 5.13. The van der Waals surface area contributed by atoms with E-state index in [4.69, 9.17) is 5.73 Å². The topological polar surface area (TPSA) is 55.1 Å². The highest BCUT2D eigenvalue weighted by atomic mass is 35.5. The van der Waals surface area contributed by atoms with E-state index in [1.54, 1.807) is 12.1 Å². The molecule has 0 saturated heterocycles. The summed E-state index contributed by atoms with van der Waals surface area (Å²) in [5.74, 6) is -0.583. The molecule has 0 aromatic heterocycles. The third-order valence-corrected chi connectivity index (χ3v) is 5.13. The number of carbonyl (C=O) groups is 1. The number of benzene rings is 3. The number of carbonyl (C=O) groups excluding carboxylic acids is 1. The molecule has 3 N–H and O–H groups in total. The molecule has 0 spiro atoms. The van der Waals surface area contributed by atoms with Gasteiger partial charge in [-0.3, -0.25) is 4.79 Å². The first kappa shape index (κ1) is 20.1. The van der Waals surface area contributed by atoms with Gasteiger partial charge in [0.25, 0.3) is 0 Å². The molecule has 0 unspecified atom stereocenters. The summed E-state index contributed by atoms with van der Waals surface area (Å²) in [6.07, 6.45) is 1.80. The number of amides is 1. The fourth-order valence-electron chi connectivity index (χ4n) is 3.66. The van der Waals surface area contributed by atoms with Gasteiger partial charge in [-0.25, -0.2) is 4.39 Å². The summed E-state index contributed by atoms with van der Waals surface area (Å²) in [6.45, 7) is 0.767. The molecule has 1 aliphatic carbocycles. The number of primary amides is 1. The molecular formula is C23H22ClFN2O. The zero-order valence-corrected chi connectivity index (χ0v) is 16.1. The van der Waals surface area contributed by atoms with Gasteiger partial charge in [0.15, 0.2) is 0 Å². The molecule has 3 nitrogen and oxygen atoms in total. The third kappa shape index (κ3) is 4.41. The average Bonchev–Trinajstić information content (AvgIpc) is 3.09. The zero-order chi connectivity index (χ0) is 18.8. The van der Waals surface area contributed by atoms with Crippen LogP contribution < -0.4 is 11.1 Å². The molecule has 1 atom stereocenters. The highest BCUT2D eigenvalue weighted by molar-refractivity contribution is 5.94. The van der Waals surface area contributed by atoms with Crippen LogP contribution in [-0.4, -0.2) is 11.9 Å². The molecule has 28 heavy (non-hydrogen) atoms. The predicted molar refractivity (Wildman–Crippen MR) is 112 cm³/mol. The molecule has 1 aliphatic rings. The Balaban J connectivity index is 0.00000225. The second-order valence-corrected chi connectivity index (χ2v) is 7.04. The lowest BCUT2D eigenvalue weighted by molar-refractivity contribution is 0.100. The molecule has 0 heterocycles. The molecule has 3 aromatic carbocycles. The highest BCUT2D eigenvalue weighted by Crippen LogP contribution is 2.24. The second-order valence-electron chi connectivity index (χ2n) is 7.04. The van der Waals surface area contributed by atoms with Crippen LogP contribution >= 0.6 is 12.4 Å². The number of nitrogens with one attached hydrogen (secondary N) is 1. The smallest absolute Gasteiger partial charge is 0.248 e. The van der Waals surface area contributed by atoms with E-state index >= 15 is 0 Å². The standard InChI is InChI=1S/C23H21FN2O.ClH/c24-21-9-8-18-12-22(13-20(18)11-21)26-14-15-4-6-16(7-5-15)17-2-1-3-19(10-17)23(25)27;/h1-11,22,26H,12-14H2,(H2,25,27);1H/t22-;/m0./s1. The predicted octanol–water partition coefficient (Wildman–Crippen LogP) is 4.27. The second kappa shape index (κ2) is 8.55. The van der Waals surface area contributed by atoms with E-state index in [2.05, 4.69) is 29.6 Å². The summed E-state index contributed by atoms with van der Waals surface area (Å²) in [5.41, 5.74) is 11.4. The van der Waals surface area contributed by atoms with Crippen molar-refractivity contribution < 1.29 is 9.18 Å². The quantitative estimate of drug-likeness (QED) is 0.676. The minimum Gasteiger partial charge on any atom is -0.366 e. The van der Waals surface area contributed by atoms with Crippen LogP contribution in [0.2, 0.25) is 0 Å². The monoisotopic (exact) mass is 396 g/mol. The molecule has 0 aliphatic heterocycles. The van der Waals surface area contributed by atoms with Crippen LogP contribution in [0.15, 0.2) is 66.7 Å². The molecule has 0 bridgehead atoms. The summed E-state index contributed by atoms with van der Waals surface area (Å²) in [4.78, 5) is 11.3. The fraction of sp³-hybridized carbons (Fsp3) is 0.174. The van der Waals surface area contributed by atoms with Crippen molar-refractivity contribution in [1.82, 2.24) is 5.32 Å². The van der Waals surface area contributed by atoms with Crippen LogP contribution in [0.3, 0.4) is 0 Å². The first-order chi connectivity index (χ1) is 13.1. The SMILES string of the molecule is Cl.NC(=O)c1cccc(-c2ccc(CN[C@H]3Cc4ccc(F)cc4C3)cc2)c1. The van der Waals surface area contributed by atoms with Gasteiger partial charge < -0.3 is 11.1 Å². The van der Waals surface area contributed by atoms with Crippen LogP contribution in [0.5, 0.6) is 0 Å². The molecule has 0 saturated carbocycles. The van der Waals surface area contributed by atoms with Crippen LogP contribution in [0.1, 0.15) is 27.0 Å². The Morgan fingerprint density at radius 2 is 1.71 bits per heavy atom. The normalized spacial score (nSPS) is 15.0. The van der Waals surface area contributed by atoms with E-state index in [9.17, 15) is 9.18 Å². The molecule has 144 valence electrons. The van der Waals surface area contributed by atoms with Gasteiger partial charge in [-0.1, -0.05) is 42.5 Å². The van der Waals surface area contributed by atoms with E-state index < -0.39 is 5.91 Å². The fourth-order valence-corrected chi connectivity index (χ4v) is 3.66. The largest absolute Gasteiger partial charge is 0.366 e. The number of fused-ring (bicyclic) bond motifs is 1. The molecular weight excluding hydrogens is 375 g/mol. The molecule has 1 amide bonds. The lowest BCUT2D eigenvalue weighted by Gasteiger charge is -2.12. The van der Waals surface area contributed by atoms with Crippen molar-refractivity contribution in [3.05, 3.63) is 94.8 Å². The Hall–Kier alpha value is -2.69. The molecule has 3 aromatic rings. The number of rotatable bonds is 5. The van der Waals surface area contributed by atoms with E-state index in [-0.39, 0.29) is 18.2 Å². The number of hydrogen-bond acceptors (Lipinski definition) is 2. The van der Waals surface area contributed by atoms with Gasteiger partial charge in [0, 0.05) is 18.2 Å². The summed E-state index contributed by atoms with van der Waals surface area (Å²) >= 11 is 0. The molecule has 0 radical (unpaired) electrons. The molecule has 0 fully saturated rings. The number of hydrogen-bond donors (Lipinski definition) is 2. The number of halogens is 2. The highest BCUT2D eigenvalue weighted by Gasteiger charge is 2.21. The Kier molecular flexibility index (Phi) is 6.12. The summed E-state index contributed by atoms with van der Waals surface area (Å²) < 4.78 is 13.3.